The van der Waals surface area contributed by atoms with Gasteiger partial charge in [-0.2, -0.15) is 4.98 Å². The molecule has 2 aliphatic heterocycles. The van der Waals surface area contributed by atoms with Crippen LogP contribution in [0.1, 0.15) is 19.8 Å². The minimum Gasteiger partial charge on any atom is -0.323 e. The number of nitrogens with one attached hydrogen (secondary N) is 2. The molecule has 0 bridgehead atoms. The van der Waals surface area contributed by atoms with Gasteiger partial charge in [-0.1, -0.05) is 43.3 Å². The third kappa shape index (κ3) is 4.34. The van der Waals surface area contributed by atoms with Crippen LogP contribution in [-0.4, -0.2) is 40.4 Å². The number of fused-ring (bicyclic) bond motifs is 1. The monoisotopic (exact) mass is 428 g/mol. The molecule has 0 radical (unpaired) electrons. The Balaban J connectivity index is 1.59. The van der Waals surface area contributed by atoms with Crippen molar-refractivity contribution >= 4 is 23.2 Å². The average molecular weight is 429 g/mol. The largest absolute Gasteiger partial charge is 0.323 e. The predicted octanol–water partition coefficient (Wildman–Crippen LogP) is 3.47. The van der Waals surface area contributed by atoms with E-state index in [2.05, 4.69) is 33.6 Å². The first-order valence-electron chi connectivity index (χ1n) is 11.3. The molecule has 0 amide bonds. The average Bonchev–Trinajstić information content (AvgIpc) is 3.24. The molecule has 32 heavy (non-hydrogen) atoms. The quantitative estimate of drug-likeness (QED) is 0.650. The van der Waals surface area contributed by atoms with Crippen molar-refractivity contribution in [2.75, 3.05) is 25.0 Å². The number of aromatic nitrogens is 3. The fourth-order valence-electron chi connectivity index (χ4n) is 4.42. The molecule has 1 unspecified atom stereocenters. The summed E-state index contributed by atoms with van der Waals surface area (Å²) < 4.78 is 1.83. The fourth-order valence-corrected chi connectivity index (χ4v) is 4.42. The molecule has 4 heterocycles. The summed E-state index contributed by atoms with van der Waals surface area (Å²) in [5, 5.41) is 7.55. The number of hydrogen-bond donors (Lipinski definition) is 2. The van der Waals surface area contributed by atoms with E-state index in [1.54, 1.807) is 6.20 Å². The summed E-state index contributed by atoms with van der Waals surface area (Å²) in [6, 6.07) is 11.7. The Morgan fingerprint density at radius 2 is 2.09 bits per heavy atom. The minimum atomic E-state index is -0.0101. The maximum Gasteiger partial charge on any atom is 0.260 e. The zero-order chi connectivity index (χ0) is 21.9. The van der Waals surface area contributed by atoms with Crippen molar-refractivity contribution in [3.8, 4) is 11.1 Å². The van der Waals surface area contributed by atoms with Crippen molar-refractivity contribution in [2.24, 2.45) is 16.8 Å². The molecule has 0 saturated carbocycles. The van der Waals surface area contributed by atoms with Crippen molar-refractivity contribution < 1.29 is 0 Å². The molecule has 2 aromatic heterocycles. The number of benzene rings is 1. The van der Waals surface area contributed by atoms with Gasteiger partial charge in [0, 0.05) is 36.5 Å². The summed E-state index contributed by atoms with van der Waals surface area (Å²) >= 11 is 0. The highest BCUT2D eigenvalue weighted by atomic mass is 16.1. The van der Waals surface area contributed by atoms with E-state index in [0.717, 1.165) is 49.1 Å². The molecule has 164 valence electrons. The topological polar surface area (TPSA) is 84.2 Å². The van der Waals surface area contributed by atoms with Crippen molar-refractivity contribution in [3.63, 3.8) is 0 Å². The first-order valence-corrected chi connectivity index (χ1v) is 11.3. The molecule has 2 N–H and O–H groups in total. The maximum atomic E-state index is 13.6. The minimum absolute atomic E-state index is 0.0101. The Bertz CT molecular complexity index is 1220. The molecule has 1 fully saturated rings. The highest BCUT2D eigenvalue weighted by Gasteiger charge is 2.20. The van der Waals surface area contributed by atoms with Gasteiger partial charge in [-0.25, -0.2) is 4.98 Å². The van der Waals surface area contributed by atoms with Crippen LogP contribution in [0, 0.1) is 11.8 Å². The second-order valence-electron chi connectivity index (χ2n) is 8.72. The number of nitrogens with zero attached hydrogens (tertiary/aromatic N) is 4. The smallest absolute Gasteiger partial charge is 0.260 e. The lowest BCUT2D eigenvalue weighted by Gasteiger charge is -2.16. The van der Waals surface area contributed by atoms with E-state index in [9.17, 15) is 4.79 Å². The van der Waals surface area contributed by atoms with Crippen molar-refractivity contribution in [2.45, 2.75) is 26.3 Å². The first-order chi connectivity index (χ1) is 15.7. The molecule has 2 atom stereocenters. The summed E-state index contributed by atoms with van der Waals surface area (Å²) in [7, 11) is 0. The van der Waals surface area contributed by atoms with Crippen LogP contribution in [-0.2, 0) is 6.54 Å². The van der Waals surface area contributed by atoms with Crippen LogP contribution < -0.4 is 16.2 Å². The highest BCUT2D eigenvalue weighted by molar-refractivity contribution is 5.84. The first kappa shape index (κ1) is 20.6. The number of allylic oxidation sites excluding steroid dienone is 2. The maximum absolute atomic E-state index is 13.6. The lowest BCUT2D eigenvalue weighted by Crippen LogP contribution is -2.27. The van der Waals surface area contributed by atoms with Crippen molar-refractivity contribution in [1.82, 2.24) is 19.9 Å². The van der Waals surface area contributed by atoms with Crippen LogP contribution in [0.25, 0.3) is 22.2 Å². The number of anilines is 1. The van der Waals surface area contributed by atoms with Crippen LogP contribution in [0.15, 0.2) is 64.2 Å². The van der Waals surface area contributed by atoms with Gasteiger partial charge in [-0.3, -0.25) is 14.4 Å². The van der Waals surface area contributed by atoms with Gasteiger partial charge >= 0.3 is 0 Å². The van der Waals surface area contributed by atoms with Gasteiger partial charge in [0.25, 0.3) is 5.56 Å². The van der Waals surface area contributed by atoms with Gasteiger partial charge < -0.3 is 10.6 Å². The fraction of sp³-hybridized carbons (Fsp3) is 0.360. The lowest BCUT2D eigenvalue weighted by atomic mass is 10.0. The predicted molar refractivity (Wildman–Crippen MR) is 129 cm³/mol. The van der Waals surface area contributed by atoms with Gasteiger partial charge in [0.05, 0.1) is 5.70 Å². The standard InChI is InChI=1S/C25H28N6O/c1-17-7-9-27-15-21(11-17)29-25-28-14-20-12-22(19-5-3-2-4-6-19)24(32)31(23(20)30-25)16-18-8-10-26-13-18/h2-6,11-12,14-15,17-18,26H,7-10,13,16H2,1H3,(H,28,29,30)/t17?,18-/m1/s1. The number of pyridine rings is 1. The Morgan fingerprint density at radius 1 is 1.22 bits per heavy atom. The van der Waals surface area contributed by atoms with Gasteiger partial charge in [0.1, 0.15) is 5.65 Å². The molecule has 2 aliphatic rings. The van der Waals surface area contributed by atoms with E-state index in [4.69, 9.17) is 4.98 Å². The van der Waals surface area contributed by atoms with Gasteiger partial charge in [0.2, 0.25) is 5.95 Å². The summed E-state index contributed by atoms with van der Waals surface area (Å²) in [6.45, 7) is 5.54. The van der Waals surface area contributed by atoms with Gasteiger partial charge in [-0.15, -0.1) is 0 Å². The van der Waals surface area contributed by atoms with Crippen LogP contribution in [0.4, 0.5) is 5.95 Å². The third-order valence-corrected chi connectivity index (χ3v) is 6.18. The summed E-state index contributed by atoms with van der Waals surface area (Å²) in [5.41, 5.74) is 3.14. The molecular formula is C25H28N6O. The SMILES string of the molecule is CC1C=C(Nc2ncc3cc(-c4ccccc4)c(=O)n(C[C@@H]4CCNC4)c3n2)C=NCC1. The Morgan fingerprint density at radius 3 is 2.91 bits per heavy atom. The van der Waals surface area contributed by atoms with Crippen LogP contribution in [0.3, 0.4) is 0 Å². The molecule has 0 aliphatic carbocycles. The Kier molecular flexibility index (Phi) is 5.81. The number of aliphatic imine (C=N–C) groups is 1. The zero-order valence-electron chi connectivity index (χ0n) is 18.3. The van der Waals surface area contributed by atoms with E-state index in [1.165, 1.54) is 0 Å². The van der Waals surface area contributed by atoms with E-state index in [0.29, 0.717) is 35.5 Å². The molecule has 7 heteroatoms. The second kappa shape index (κ2) is 9.04. The summed E-state index contributed by atoms with van der Waals surface area (Å²) in [5.74, 6) is 1.32. The molecule has 1 aromatic carbocycles. The molecular weight excluding hydrogens is 400 g/mol. The Labute approximate surface area is 187 Å². The Hall–Kier alpha value is -3.32. The van der Waals surface area contributed by atoms with Crippen molar-refractivity contribution in [3.05, 3.63) is 64.7 Å². The van der Waals surface area contributed by atoms with Crippen LogP contribution in [0.5, 0.6) is 0 Å². The number of hydrogen-bond acceptors (Lipinski definition) is 6. The highest BCUT2D eigenvalue weighted by Crippen LogP contribution is 2.23. The van der Waals surface area contributed by atoms with Crippen molar-refractivity contribution in [1.29, 1.82) is 0 Å². The van der Waals surface area contributed by atoms with E-state index in [1.807, 2.05) is 47.2 Å². The summed E-state index contributed by atoms with van der Waals surface area (Å²) in [4.78, 5) is 27.3. The van der Waals surface area contributed by atoms with Crippen LogP contribution >= 0.6 is 0 Å². The molecule has 5 rings (SSSR count). The second-order valence-corrected chi connectivity index (χ2v) is 8.72. The van der Waals surface area contributed by atoms with Gasteiger partial charge in [0.15, 0.2) is 0 Å². The molecule has 1 saturated heterocycles. The number of rotatable bonds is 5. The third-order valence-electron chi connectivity index (χ3n) is 6.18. The van der Waals surface area contributed by atoms with E-state index < -0.39 is 0 Å². The van der Waals surface area contributed by atoms with E-state index in [-0.39, 0.29) is 5.56 Å². The lowest BCUT2D eigenvalue weighted by molar-refractivity contribution is 0.480. The van der Waals surface area contributed by atoms with Gasteiger partial charge in [-0.05, 0) is 49.4 Å². The molecule has 3 aromatic rings. The zero-order valence-corrected chi connectivity index (χ0v) is 18.3. The normalized spacial score (nSPS) is 20.8. The summed E-state index contributed by atoms with van der Waals surface area (Å²) in [6.07, 6.45) is 7.88. The molecule has 0 spiro atoms. The van der Waals surface area contributed by atoms with E-state index >= 15 is 0 Å². The molecule has 7 nitrogen and oxygen atoms in total. The van der Waals surface area contributed by atoms with Crippen LogP contribution in [0.2, 0.25) is 0 Å².